The van der Waals surface area contributed by atoms with Gasteiger partial charge < -0.3 is 14.5 Å². The van der Waals surface area contributed by atoms with Gasteiger partial charge in [-0.25, -0.2) is 4.68 Å². The monoisotopic (exact) mass is 327 g/mol. The fourth-order valence-corrected chi connectivity index (χ4v) is 1.97. The van der Waals surface area contributed by atoms with Gasteiger partial charge in [0.1, 0.15) is 10.2 Å². The summed E-state index contributed by atoms with van der Waals surface area (Å²) < 4.78 is 11.9. The van der Waals surface area contributed by atoms with Crippen LogP contribution in [-0.2, 0) is 17.8 Å². The third kappa shape index (κ3) is 3.45. The molecular weight excluding hydrogens is 314 g/mol. The number of halogens is 1. The molecule has 2 heterocycles. The molecule has 0 saturated carbocycles. The van der Waals surface area contributed by atoms with Crippen LogP contribution in [0.4, 0.5) is 5.69 Å². The average Bonchev–Trinajstić information content (AvgIpc) is 2.92. The van der Waals surface area contributed by atoms with Crippen molar-refractivity contribution >= 4 is 21.6 Å². The molecule has 0 aliphatic heterocycles. The molecule has 0 atom stereocenters. The van der Waals surface area contributed by atoms with E-state index in [9.17, 15) is 4.79 Å². The second-order valence-corrected chi connectivity index (χ2v) is 4.62. The molecule has 2 aromatic heterocycles. The van der Waals surface area contributed by atoms with Gasteiger partial charge in [-0.2, -0.15) is 5.10 Å². The molecule has 0 aromatic carbocycles. The van der Waals surface area contributed by atoms with Crippen LogP contribution in [0.25, 0.3) is 0 Å². The molecule has 19 heavy (non-hydrogen) atoms. The van der Waals surface area contributed by atoms with E-state index in [2.05, 4.69) is 26.3 Å². The Morgan fingerprint density at radius 2 is 2.42 bits per heavy atom. The Kier molecular flexibility index (Phi) is 4.75. The lowest BCUT2D eigenvalue weighted by molar-refractivity contribution is 0.181. The highest BCUT2D eigenvalue weighted by atomic mass is 79.9. The van der Waals surface area contributed by atoms with Crippen molar-refractivity contribution in [1.82, 2.24) is 9.78 Å². The molecule has 0 bridgehead atoms. The maximum absolute atomic E-state index is 12.0. The molecule has 102 valence electrons. The van der Waals surface area contributed by atoms with Crippen LogP contribution < -0.4 is 10.9 Å². The number of furan rings is 1. The molecule has 7 heteroatoms. The van der Waals surface area contributed by atoms with Gasteiger partial charge in [0.2, 0.25) is 0 Å². The van der Waals surface area contributed by atoms with Crippen LogP contribution in [0.3, 0.4) is 0 Å². The quantitative estimate of drug-likeness (QED) is 0.876. The molecule has 1 N–H and O–H groups in total. The van der Waals surface area contributed by atoms with E-state index < -0.39 is 0 Å². The first-order valence-electron chi connectivity index (χ1n) is 5.73. The number of nitrogens with one attached hydrogen (secondary N) is 1. The Bertz CT molecular complexity index is 580. The normalized spacial score (nSPS) is 10.6. The van der Waals surface area contributed by atoms with Gasteiger partial charge in [0, 0.05) is 7.11 Å². The smallest absolute Gasteiger partial charge is 0.283 e. The summed E-state index contributed by atoms with van der Waals surface area (Å²) in [5.41, 5.74) is 0.441. The first-order valence-corrected chi connectivity index (χ1v) is 6.52. The highest BCUT2D eigenvalue weighted by Crippen LogP contribution is 2.17. The van der Waals surface area contributed by atoms with Crippen molar-refractivity contribution in [1.29, 1.82) is 0 Å². The highest BCUT2D eigenvalue weighted by molar-refractivity contribution is 9.10. The van der Waals surface area contributed by atoms with E-state index in [0.717, 1.165) is 5.76 Å². The number of ether oxygens (including phenoxy) is 1. The topological polar surface area (TPSA) is 69.3 Å². The summed E-state index contributed by atoms with van der Waals surface area (Å²) in [5.74, 6) is 0.787. The van der Waals surface area contributed by atoms with Crippen LogP contribution in [0.15, 0.2) is 38.3 Å². The minimum Gasteiger partial charge on any atom is -0.467 e. The summed E-state index contributed by atoms with van der Waals surface area (Å²) in [6.45, 7) is 1.36. The third-order valence-electron chi connectivity index (χ3n) is 2.53. The van der Waals surface area contributed by atoms with Gasteiger partial charge in [0.25, 0.3) is 5.56 Å². The lowest BCUT2D eigenvalue weighted by Gasteiger charge is -2.09. The Hall–Kier alpha value is -1.60. The minimum atomic E-state index is -0.193. The first kappa shape index (κ1) is 13.8. The second-order valence-electron chi connectivity index (χ2n) is 3.83. The minimum absolute atomic E-state index is 0.193. The molecule has 0 radical (unpaired) electrons. The van der Waals surface area contributed by atoms with Gasteiger partial charge in [-0.05, 0) is 28.1 Å². The fraction of sp³-hybridized carbons (Fsp3) is 0.333. The maximum atomic E-state index is 12.0. The zero-order valence-electron chi connectivity index (χ0n) is 10.4. The van der Waals surface area contributed by atoms with Gasteiger partial charge >= 0.3 is 0 Å². The van der Waals surface area contributed by atoms with E-state index in [1.165, 1.54) is 4.68 Å². The Labute approximate surface area is 118 Å². The predicted octanol–water partition coefficient (Wildman–Crippen LogP) is 1.86. The van der Waals surface area contributed by atoms with Crippen molar-refractivity contribution in [3.63, 3.8) is 0 Å². The summed E-state index contributed by atoms with van der Waals surface area (Å²) in [7, 11) is 1.58. The lowest BCUT2D eigenvalue weighted by Crippen LogP contribution is -2.26. The number of hydrogen-bond acceptors (Lipinski definition) is 5. The Balaban J connectivity index is 2.09. The van der Waals surface area contributed by atoms with Gasteiger partial charge in [-0.15, -0.1) is 0 Å². The molecule has 0 unspecified atom stereocenters. The number of aromatic nitrogens is 2. The van der Waals surface area contributed by atoms with E-state index in [1.807, 2.05) is 12.1 Å². The summed E-state index contributed by atoms with van der Waals surface area (Å²) in [6, 6.07) is 3.67. The molecular formula is C12H14BrN3O3. The zero-order chi connectivity index (χ0) is 13.7. The van der Waals surface area contributed by atoms with E-state index in [0.29, 0.717) is 29.9 Å². The van der Waals surface area contributed by atoms with E-state index in [-0.39, 0.29) is 5.56 Å². The largest absolute Gasteiger partial charge is 0.467 e. The van der Waals surface area contributed by atoms with Crippen molar-refractivity contribution < 1.29 is 9.15 Å². The molecule has 0 fully saturated rings. The Morgan fingerprint density at radius 3 is 3.11 bits per heavy atom. The molecule has 2 aromatic rings. The fourth-order valence-electron chi connectivity index (χ4n) is 1.52. The van der Waals surface area contributed by atoms with Gasteiger partial charge in [0.15, 0.2) is 0 Å². The van der Waals surface area contributed by atoms with E-state index >= 15 is 0 Å². The van der Waals surface area contributed by atoms with E-state index in [1.54, 1.807) is 19.6 Å². The summed E-state index contributed by atoms with van der Waals surface area (Å²) in [6.07, 6.45) is 3.21. The Morgan fingerprint density at radius 1 is 1.58 bits per heavy atom. The van der Waals surface area contributed by atoms with Crippen LogP contribution in [0.1, 0.15) is 5.76 Å². The summed E-state index contributed by atoms with van der Waals surface area (Å²) >= 11 is 3.28. The van der Waals surface area contributed by atoms with Crippen molar-refractivity contribution in [3.8, 4) is 0 Å². The number of rotatable bonds is 6. The molecule has 0 amide bonds. The van der Waals surface area contributed by atoms with Crippen LogP contribution in [-0.4, -0.2) is 23.5 Å². The molecule has 0 spiro atoms. The van der Waals surface area contributed by atoms with Crippen molar-refractivity contribution in [2.24, 2.45) is 0 Å². The van der Waals surface area contributed by atoms with Gasteiger partial charge in [-0.3, -0.25) is 4.79 Å². The number of nitrogens with zero attached hydrogens (tertiary/aromatic N) is 2. The molecule has 0 aliphatic rings. The SMILES string of the molecule is COCCn1ncc(NCc2ccco2)c(Br)c1=O. The molecule has 0 saturated heterocycles. The second kappa shape index (κ2) is 6.53. The van der Waals surface area contributed by atoms with Crippen LogP contribution in [0.5, 0.6) is 0 Å². The highest BCUT2D eigenvalue weighted by Gasteiger charge is 2.08. The standard InChI is InChI=1S/C12H14BrN3O3/c1-18-6-4-16-12(17)11(13)10(8-15-16)14-7-9-3-2-5-19-9/h2-3,5,8,14H,4,6-7H2,1H3. The summed E-state index contributed by atoms with van der Waals surface area (Å²) in [4.78, 5) is 12.0. The third-order valence-corrected chi connectivity index (χ3v) is 3.29. The van der Waals surface area contributed by atoms with Crippen molar-refractivity contribution in [3.05, 3.63) is 45.2 Å². The van der Waals surface area contributed by atoms with Crippen molar-refractivity contribution in [2.45, 2.75) is 13.1 Å². The van der Waals surface area contributed by atoms with Crippen LogP contribution in [0, 0.1) is 0 Å². The van der Waals surface area contributed by atoms with Crippen LogP contribution >= 0.6 is 15.9 Å². The van der Waals surface area contributed by atoms with E-state index in [4.69, 9.17) is 9.15 Å². The number of methoxy groups -OCH3 is 1. The molecule has 2 rings (SSSR count). The van der Waals surface area contributed by atoms with Gasteiger partial charge in [-0.1, -0.05) is 0 Å². The zero-order valence-corrected chi connectivity index (χ0v) is 12.0. The average molecular weight is 328 g/mol. The van der Waals surface area contributed by atoms with Crippen LogP contribution in [0.2, 0.25) is 0 Å². The van der Waals surface area contributed by atoms with Gasteiger partial charge in [0.05, 0.1) is 37.8 Å². The first-order chi connectivity index (χ1) is 9.22. The maximum Gasteiger partial charge on any atom is 0.283 e. The number of hydrogen-bond donors (Lipinski definition) is 1. The predicted molar refractivity (Wildman–Crippen MR) is 74.1 cm³/mol. The molecule has 0 aliphatic carbocycles. The molecule has 6 nitrogen and oxygen atoms in total. The number of anilines is 1. The van der Waals surface area contributed by atoms with Crippen molar-refractivity contribution in [2.75, 3.05) is 19.0 Å². The lowest BCUT2D eigenvalue weighted by atomic mass is 10.4. The summed E-state index contributed by atoms with van der Waals surface area (Å²) in [5, 5.41) is 7.17.